The van der Waals surface area contributed by atoms with E-state index in [-0.39, 0.29) is 11.5 Å². The van der Waals surface area contributed by atoms with Crippen molar-refractivity contribution in [3.05, 3.63) is 0 Å². The molecule has 2 fully saturated rings. The molecule has 32 heavy (non-hydrogen) atoms. The Labute approximate surface area is 200 Å². The van der Waals surface area contributed by atoms with E-state index in [1.54, 1.807) is 0 Å². The number of hydrogen-bond donors (Lipinski definition) is 3. The Balaban J connectivity index is 2.22. The van der Waals surface area contributed by atoms with E-state index in [4.69, 9.17) is 11.5 Å². The first-order valence-corrected chi connectivity index (χ1v) is 14.6. The lowest BCUT2D eigenvalue weighted by molar-refractivity contribution is -0.0151. The third-order valence-corrected chi connectivity index (χ3v) is 9.10. The van der Waals surface area contributed by atoms with Crippen molar-refractivity contribution < 1.29 is 5.11 Å². The van der Waals surface area contributed by atoms with Crippen molar-refractivity contribution >= 4 is 0 Å². The number of rotatable bonds is 15. The zero-order valence-corrected chi connectivity index (χ0v) is 22.1. The maximum atomic E-state index is 11.3. The van der Waals surface area contributed by atoms with E-state index < -0.39 is 5.66 Å². The normalized spacial score (nSPS) is 23.1. The molecule has 5 N–H and O–H groups in total. The van der Waals surface area contributed by atoms with E-state index in [1.165, 1.54) is 96.3 Å². The van der Waals surface area contributed by atoms with Gasteiger partial charge in [0, 0.05) is 5.41 Å². The van der Waals surface area contributed by atoms with Crippen LogP contribution in [-0.4, -0.2) is 16.9 Å². The fourth-order valence-electron chi connectivity index (χ4n) is 7.11. The average molecular weight is 451 g/mol. The molecule has 2 saturated carbocycles. The van der Waals surface area contributed by atoms with Crippen molar-refractivity contribution in [3.8, 4) is 0 Å². The smallest absolute Gasteiger partial charge is 0.0698 e. The van der Waals surface area contributed by atoms with Crippen LogP contribution in [0, 0.1) is 23.2 Å². The summed E-state index contributed by atoms with van der Waals surface area (Å²) in [6, 6.07) is 0. The minimum Gasteiger partial charge on any atom is -0.393 e. The number of aliphatic hydroxyl groups excluding tert-OH is 1. The molecular formula is C29H58N2O. The molecule has 0 aromatic carbocycles. The second-order valence-electron chi connectivity index (χ2n) is 12.2. The molecule has 0 spiro atoms. The number of aliphatic hydroxyl groups is 1. The molecule has 0 aromatic rings. The number of hydrogen-bond acceptors (Lipinski definition) is 3. The molecule has 2 rings (SSSR count). The van der Waals surface area contributed by atoms with Crippen LogP contribution in [0.15, 0.2) is 0 Å². The van der Waals surface area contributed by atoms with Crippen LogP contribution < -0.4 is 11.5 Å². The summed E-state index contributed by atoms with van der Waals surface area (Å²) in [6.07, 6.45) is 24.0. The molecule has 0 saturated heterocycles. The molecule has 0 aromatic heterocycles. The lowest BCUT2D eigenvalue weighted by Gasteiger charge is -2.51. The fraction of sp³-hybridized carbons (Fsp3) is 1.00. The third kappa shape index (κ3) is 8.91. The summed E-state index contributed by atoms with van der Waals surface area (Å²) in [5.74, 6) is 1.99. The lowest BCUT2D eigenvalue weighted by Crippen LogP contribution is -2.64. The summed E-state index contributed by atoms with van der Waals surface area (Å²) in [6.45, 7) is 6.85. The molecule has 3 heteroatoms. The van der Waals surface area contributed by atoms with Gasteiger partial charge in [0.25, 0.3) is 0 Å². The summed E-state index contributed by atoms with van der Waals surface area (Å²) in [7, 11) is 0. The summed E-state index contributed by atoms with van der Waals surface area (Å²) in [5, 5.41) is 11.3. The Bertz CT molecular complexity index is 482. The van der Waals surface area contributed by atoms with E-state index in [9.17, 15) is 5.11 Å². The molecule has 190 valence electrons. The molecule has 0 aliphatic heterocycles. The van der Waals surface area contributed by atoms with E-state index in [0.29, 0.717) is 11.8 Å². The number of unbranched alkanes of at least 4 members (excludes halogenated alkanes) is 2. The molecule has 0 amide bonds. The SMILES string of the molecule is CCCCC(C)CC(O)CC(CCCC)(CC1CCCCC1)C(N)(N)CC1CCCCC1. The van der Waals surface area contributed by atoms with Gasteiger partial charge in [-0.2, -0.15) is 0 Å². The highest BCUT2D eigenvalue weighted by Gasteiger charge is 2.48. The minimum atomic E-state index is -0.671. The standard InChI is InChI=1S/C29H58N2O/c1-4-6-14-24(3)20-27(32)23-28(19-7-5-2,21-25-15-10-8-11-16-25)29(30,31)22-26-17-12-9-13-18-26/h24-27,32H,4-23,30-31H2,1-3H3. The van der Waals surface area contributed by atoms with Gasteiger partial charge in [0.15, 0.2) is 0 Å². The van der Waals surface area contributed by atoms with Gasteiger partial charge < -0.3 is 16.6 Å². The molecule has 0 heterocycles. The maximum absolute atomic E-state index is 11.3. The maximum Gasteiger partial charge on any atom is 0.0698 e. The highest BCUT2D eigenvalue weighted by molar-refractivity contribution is 5.02. The van der Waals surface area contributed by atoms with Crippen LogP contribution in [0.25, 0.3) is 0 Å². The summed E-state index contributed by atoms with van der Waals surface area (Å²) in [5.41, 5.74) is 13.6. The van der Waals surface area contributed by atoms with Crippen LogP contribution >= 0.6 is 0 Å². The highest BCUT2D eigenvalue weighted by atomic mass is 16.3. The predicted molar refractivity (Wildman–Crippen MR) is 139 cm³/mol. The topological polar surface area (TPSA) is 72.3 Å². The first kappa shape index (κ1) is 28.1. The second-order valence-corrected chi connectivity index (χ2v) is 12.2. The van der Waals surface area contributed by atoms with Gasteiger partial charge >= 0.3 is 0 Å². The van der Waals surface area contributed by atoms with E-state index >= 15 is 0 Å². The average Bonchev–Trinajstić information content (AvgIpc) is 2.77. The first-order chi connectivity index (χ1) is 15.3. The Kier molecular flexibility index (Phi) is 12.6. The van der Waals surface area contributed by atoms with Gasteiger partial charge in [-0.05, 0) is 49.9 Å². The van der Waals surface area contributed by atoms with Crippen molar-refractivity contribution in [2.24, 2.45) is 34.6 Å². The van der Waals surface area contributed by atoms with Crippen molar-refractivity contribution in [3.63, 3.8) is 0 Å². The number of nitrogens with two attached hydrogens (primary N) is 2. The van der Waals surface area contributed by atoms with Gasteiger partial charge in [0.05, 0.1) is 11.8 Å². The third-order valence-electron chi connectivity index (χ3n) is 9.10. The Morgan fingerprint density at radius 1 is 0.812 bits per heavy atom. The van der Waals surface area contributed by atoms with Crippen LogP contribution in [0.1, 0.15) is 149 Å². The van der Waals surface area contributed by atoms with Crippen LogP contribution in [0.3, 0.4) is 0 Å². The van der Waals surface area contributed by atoms with Crippen molar-refractivity contribution in [2.45, 2.75) is 161 Å². The van der Waals surface area contributed by atoms with E-state index in [0.717, 1.165) is 38.0 Å². The quantitative estimate of drug-likeness (QED) is 0.224. The molecule has 3 atom stereocenters. The largest absolute Gasteiger partial charge is 0.393 e. The van der Waals surface area contributed by atoms with Gasteiger partial charge in [0.1, 0.15) is 0 Å². The fourth-order valence-corrected chi connectivity index (χ4v) is 7.11. The molecule has 2 aliphatic carbocycles. The zero-order chi connectivity index (χ0) is 23.5. The Morgan fingerprint density at radius 2 is 1.34 bits per heavy atom. The van der Waals surface area contributed by atoms with Crippen LogP contribution in [-0.2, 0) is 0 Å². The Morgan fingerprint density at radius 3 is 1.88 bits per heavy atom. The van der Waals surface area contributed by atoms with Gasteiger partial charge in [0.2, 0.25) is 0 Å². The van der Waals surface area contributed by atoms with Crippen LogP contribution in [0.4, 0.5) is 0 Å². The first-order valence-electron chi connectivity index (χ1n) is 14.6. The van der Waals surface area contributed by atoms with Gasteiger partial charge in [-0.15, -0.1) is 0 Å². The van der Waals surface area contributed by atoms with Crippen molar-refractivity contribution in [2.75, 3.05) is 0 Å². The van der Waals surface area contributed by atoms with Gasteiger partial charge in [-0.25, -0.2) is 0 Å². The molecule has 0 bridgehead atoms. The highest BCUT2D eigenvalue weighted by Crippen LogP contribution is 2.49. The summed E-state index contributed by atoms with van der Waals surface area (Å²) >= 11 is 0. The second kappa shape index (κ2) is 14.3. The monoisotopic (exact) mass is 450 g/mol. The lowest BCUT2D eigenvalue weighted by atomic mass is 9.59. The molecule has 3 nitrogen and oxygen atoms in total. The predicted octanol–water partition coefficient (Wildman–Crippen LogP) is 7.68. The molecule has 0 radical (unpaired) electrons. The van der Waals surface area contributed by atoms with E-state index in [1.807, 2.05) is 0 Å². The minimum absolute atomic E-state index is 0.133. The molecule has 2 aliphatic rings. The van der Waals surface area contributed by atoms with Crippen molar-refractivity contribution in [1.82, 2.24) is 0 Å². The summed E-state index contributed by atoms with van der Waals surface area (Å²) < 4.78 is 0. The van der Waals surface area contributed by atoms with Crippen LogP contribution in [0.5, 0.6) is 0 Å². The van der Waals surface area contributed by atoms with Gasteiger partial charge in [-0.3, -0.25) is 0 Å². The van der Waals surface area contributed by atoms with Crippen LogP contribution in [0.2, 0.25) is 0 Å². The van der Waals surface area contributed by atoms with Crippen molar-refractivity contribution in [1.29, 1.82) is 0 Å². The zero-order valence-electron chi connectivity index (χ0n) is 22.1. The Hall–Kier alpha value is -0.120. The van der Waals surface area contributed by atoms with E-state index in [2.05, 4.69) is 20.8 Å². The molecule has 3 unspecified atom stereocenters. The summed E-state index contributed by atoms with van der Waals surface area (Å²) in [4.78, 5) is 0. The molecular weight excluding hydrogens is 392 g/mol. The van der Waals surface area contributed by atoms with Gasteiger partial charge in [-0.1, -0.05) is 117 Å².